The maximum absolute atomic E-state index is 13.4. The van der Waals surface area contributed by atoms with Gasteiger partial charge in [-0.2, -0.15) is 13.2 Å². The van der Waals surface area contributed by atoms with Crippen LogP contribution in [-0.4, -0.2) is 38.3 Å². The van der Waals surface area contributed by atoms with Crippen LogP contribution in [0.5, 0.6) is 0 Å². The molecule has 0 saturated heterocycles. The molecule has 0 fully saturated rings. The number of rotatable bonds is 7. The van der Waals surface area contributed by atoms with E-state index in [-0.39, 0.29) is 30.8 Å². The molecule has 3 aromatic rings. The number of alkyl halides is 3. The third-order valence-corrected chi connectivity index (χ3v) is 4.70. The van der Waals surface area contributed by atoms with Crippen LogP contribution in [0.1, 0.15) is 34.1 Å². The minimum Gasteiger partial charge on any atom is -0.550 e. The van der Waals surface area contributed by atoms with E-state index in [1.54, 1.807) is 6.92 Å². The molecule has 0 bridgehead atoms. The fraction of sp³-hybridized carbons (Fsp3) is 0.227. The molecule has 0 radical (unpaired) electrons. The summed E-state index contributed by atoms with van der Waals surface area (Å²) in [4.78, 5) is 36.9. The first kappa shape index (κ1) is 22.9. The summed E-state index contributed by atoms with van der Waals surface area (Å²) in [7, 11) is 0. The topological polar surface area (TPSA) is 99.1 Å². The van der Waals surface area contributed by atoms with Gasteiger partial charge in [-0.05, 0) is 41.8 Å². The van der Waals surface area contributed by atoms with Crippen LogP contribution in [0.4, 0.5) is 13.2 Å². The maximum Gasteiger partial charge on any atom is 0.416 e. The lowest BCUT2D eigenvalue weighted by Gasteiger charge is -2.23. The number of hydrogen-bond donors (Lipinski definition) is 0. The first-order valence-electron chi connectivity index (χ1n) is 9.58. The second-order valence-electron chi connectivity index (χ2n) is 6.91. The van der Waals surface area contributed by atoms with Crippen LogP contribution >= 0.6 is 0 Å². The van der Waals surface area contributed by atoms with Crippen LogP contribution in [-0.2, 0) is 23.9 Å². The Morgan fingerprint density at radius 3 is 2.47 bits per heavy atom. The first-order chi connectivity index (χ1) is 15.2. The fourth-order valence-corrected chi connectivity index (χ4v) is 3.19. The predicted molar refractivity (Wildman–Crippen MR) is 106 cm³/mol. The molecule has 2 heterocycles. The molecule has 10 heteroatoms. The van der Waals surface area contributed by atoms with E-state index in [9.17, 15) is 27.9 Å². The van der Waals surface area contributed by atoms with E-state index < -0.39 is 23.6 Å². The van der Waals surface area contributed by atoms with Crippen LogP contribution in [0, 0.1) is 0 Å². The molecule has 3 rings (SSSR count). The van der Waals surface area contributed by atoms with Crippen LogP contribution in [0.15, 0.2) is 55.2 Å². The number of carboxylic acid groups (broad SMARTS) is 1. The average Bonchev–Trinajstić information content (AvgIpc) is 2.76. The lowest BCUT2D eigenvalue weighted by atomic mass is 9.96. The number of pyridine rings is 1. The van der Waals surface area contributed by atoms with Gasteiger partial charge >= 0.3 is 6.18 Å². The van der Waals surface area contributed by atoms with Crippen LogP contribution in [0.3, 0.4) is 0 Å². The lowest BCUT2D eigenvalue weighted by Crippen LogP contribution is -2.31. The highest BCUT2D eigenvalue weighted by Crippen LogP contribution is 2.34. The van der Waals surface area contributed by atoms with Crippen molar-refractivity contribution in [3.8, 4) is 11.1 Å². The molecule has 166 valence electrons. The molecule has 0 spiro atoms. The Kier molecular flexibility index (Phi) is 6.82. The molecule has 0 aliphatic heterocycles. The zero-order chi connectivity index (χ0) is 23.3. The van der Waals surface area contributed by atoms with E-state index in [2.05, 4.69) is 15.0 Å². The van der Waals surface area contributed by atoms with E-state index in [0.717, 1.165) is 12.1 Å². The van der Waals surface area contributed by atoms with Crippen molar-refractivity contribution in [2.45, 2.75) is 26.1 Å². The summed E-state index contributed by atoms with van der Waals surface area (Å²) in [5.74, 6) is -1.78. The molecule has 32 heavy (non-hydrogen) atoms. The minimum absolute atomic E-state index is 0.0699. The van der Waals surface area contributed by atoms with E-state index in [4.69, 9.17) is 0 Å². The number of carbonyl (C=O) groups is 2. The summed E-state index contributed by atoms with van der Waals surface area (Å²) in [6.07, 6.45) is 1.85. The molecule has 0 aliphatic carbocycles. The highest BCUT2D eigenvalue weighted by atomic mass is 19.4. The Hall–Kier alpha value is -3.82. The number of benzene rings is 1. The van der Waals surface area contributed by atoms with E-state index in [1.807, 2.05) is 0 Å². The second-order valence-corrected chi connectivity index (χ2v) is 6.91. The first-order valence-corrected chi connectivity index (χ1v) is 9.58. The predicted octanol–water partition coefficient (Wildman–Crippen LogP) is 2.51. The summed E-state index contributed by atoms with van der Waals surface area (Å²) in [5.41, 5.74) is 0.604. The molecule has 1 amide bonds. The lowest BCUT2D eigenvalue weighted by molar-refractivity contribution is -0.304. The summed E-state index contributed by atoms with van der Waals surface area (Å²) < 4.78 is 40.1. The zero-order valence-corrected chi connectivity index (χ0v) is 17.0. The summed E-state index contributed by atoms with van der Waals surface area (Å²) in [6.45, 7) is 1.79. The number of aliphatic carboxylic acids is 1. The number of hydrogen-bond acceptors (Lipinski definition) is 6. The molecule has 7 nitrogen and oxygen atoms in total. The molecule has 0 atom stereocenters. The summed E-state index contributed by atoms with van der Waals surface area (Å²) >= 11 is 0. The third-order valence-electron chi connectivity index (χ3n) is 4.70. The second kappa shape index (κ2) is 9.54. The Labute approximate surface area is 181 Å². The fourth-order valence-electron chi connectivity index (χ4n) is 3.19. The van der Waals surface area contributed by atoms with Gasteiger partial charge in [-0.3, -0.25) is 14.8 Å². The van der Waals surface area contributed by atoms with Gasteiger partial charge in [-0.1, -0.05) is 6.07 Å². The average molecular weight is 443 g/mol. The highest BCUT2D eigenvalue weighted by Gasteiger charge is 2.31. The van der Waals surface area contributed by atoms with Gasteiger partial charge in [0.25, 0.3) is 5.91 Å². The molecule has 0 unspecified atom stereocenters. The number of carbonyl (C=O) groups excluding carboxylic acids is 2. The van der Waals surface area contributed by atoms with Crippen molar-refractivity contribution < 1.29 is 27.9 Å². The van der Waals surface area contributed by atoms with Crippen molar-refractivity contribution in [2.75, 3.05) is 6.54 Å². The zero-order valence-electron chi connectivity index (χ0n) is 17.0. The van der Waals surface area contributed by atoms with Crippen LogP contribution in [0.25, 0.3) is 11.1 Å². The van der Waals surface area contributed by atoms with Crippen molar-refractivity contribution in [3.05, 3.63) is 77.6 Å². The number of aromatic nitrogens is 3. The molecule has 1 aromatic carbocycles. The Bertz CT molecular complexity index is 1120. The van der Waals surface area contributed by atoms with Gasteiger partial charge in [-0.25, -0.2) is 4.98 Å². The van der Waals surface area contributed by atoms with Crippen molar-refractivity contribution in [1.29, 1.82) is 0 Å². The quantitative estimate of drug-likeness (QED) is 0.557. The standard InChI is InChI=1S/C22H19F3N4O3/c1-2-29(21(32)19-12-26-5-6-28-19)13-16-9-17(22(23,24)25)3-4-18(16)15-7-14(8-20(30)31)10-27-11-15/h3-7,9-12H,2,8,13H2,1H3,(H,30,31)/p-1. The van der Waals surface area contributed by atoms with E-state index >= 15 is 0 Å². The summed E-state index contributed by atoms with van der Waals surface area (Å²) in [6, 6.07) is 4.73. The molecule has 0 aliphatic rings. The van der Waals surface area contributed by atoms with Gasteiger partial charge in [0.2, 0.25) is 0 Å². The van der Waals surface area contributed by atoms with Gasteiger partial charge in [0.1, 0.15) is 5.69 Å². The SMILES string of the molecule is CCN(Cc1cc(C(F)(F)F)ccc1-c1cncc(CC(=O)[O-])c1)C(=O)c1cnccn1. The molecular formula is C22H18F3N4O3-. The Balaban J connectivity index is 2.04. The molecular weight excluding hydrogens is 425 g/mol. The molecule has 0 N–H and O–H groups in total. The van der Waals surface area contributed by atoms with E-state index in [1.165, 1.54) is 48.0 Å². The minimum atomic E-state index is -4.58. The Morgan fingerprint density at radius 2 is 1.84 bits per heavy atom. The van der Waals surface area contributed by atoms with Crippen LogP contribution < -0.4 is 5.11 Å². The normalized spacial score (nSPS) is 11.2. The van der Waals surface area contributed by atoms with Crippen LogP contribution in [0.2, 0.25) is 0 Å². The van der Waals surface area contributed by atoms with Crippen molar-refractivity contribution >= 4 is 11.9 Å². The monoisotopic (exact) mass is 443 g/mol. The summed E-state index contributed by atoms with van der Waals surface area (Å²) in [5, 5.41) is 10.9. The number of halogens is 3. The van der Waals surface area contributed by atoms with Gasteiger partial charge < -0.3 is 14.8 Å². The Morgan fingerprint density at radius 1 is 1.06 bits per heavy atom. The van der Waals surface area contributed by atoms with Gasteiger partial charge in [0.15, 0.2) is 0 Å². The molecule has 2 aromatic heterocycles. The number of amides is 1. The van der Waals surface area contributed by atoms with Crippen molar-refractivity contribution in [2.24, 2.45) is 0 Å². The van der Waals surface area contributed by atoms with Gasteiger partial charge in [0.05, 0.1) is 11.8 Å². The molecule has 0 saturated carbocycles. The smallest absolute Gasteiger partial charge is 0.416 e. The van der Waals surface area contributed by atoms with E-state index in [0.29, 0.717) is 16.7 Å². The maximum atomic E-state index is 13.4. The third kappa shape index (κ3) is 5.45. The van der Waals surface area contributed by atoms with Crippen molar-refractivity contribution in [1.82, 2.24) is 19.9 Å². The van der Waals surface area contributed by atoms with Crippen molar-refractivity contribution in [3.63, 3.8) is 0 Å². The van der Waals surface area contributed by atoms with Gasteiger partial charge in [0, 0.05) is 55.8 Å². The highest BCUT2D eigenvalue weighted by molar-refractivity contribution is 5.92. The largest absolute Gasteiger partial charge is 0.550 e. The number of carboxylic acids is 1. The number of nitrogens with zero attached hydrogens (tertiary/aromatic N) is 4. The van der Waals surface area contributed by atoms with Gasteiger partial charge in [-0.15, -0.1) is 0 Å².